The molecule has 78 valence electrons. The van der Waals surface area contributed by atoms with Gasteiger partial charge in [0.1, 0.15) is 0 Å². The standard InChI is InChI=1S/C14H10O2/c15-14(16)11-7-6-10-5-4-9-2-1-3-12(9)13(10)8-11/h1-7H,8H2,(H,15,16). The Morgan fingerprint density at radius 1 is 1.12 bits per heavy atom. The number of carboxylic acids is 1. The molecule has 1 aromatic rings. The fourth-order valence-electron chi connectivity index (χ4n) is 2.23. The van der Waals surface area contributed by atoms with Crippen molar-refractivity contribution in [2.24, 2.45) is 0 Å². The average Bonchev–Trinajstić information content (AvgIpc) is 2.76. The van der Waals surface area contributed by atoms with Crippen LogP contribution in [0.15, 0.2) is 29.9 Å². The Labute approximate surface area is 92.5 Å². The van der Waals surface area contributed by atoms with Crippen LogP contribution in [0.2, 0.25) is 0 Å². The maximum atomic E-state index is 11.0. The monoisotopic (exact) mass is 210 g/mol. The van der Waals surface area contributed by atoms with Gasteiger partial charge < -0.3 is 5.11 Å². The highest BCUT2D eigenvalue weighted by atomic mass is 16.4. The van der Waals surface area contributed by atoms with E-state index in [-0.39, 0.29) is 0 Å². The summed E-state index contributed by atoms with van der Waals surface area (Å²) >= 11 is 0. The molecule has 0 amide bonds. The number of fused-ring (bicyclic) bond motifs is 3. The molecule has 2 aliphatic carbocycles. The number of allylic oxidation sites excluding steroid dienone is 2. The van der Waals surface area contributed by atoms with E-state index in [9.17, 15) is 4.79 Å². The van der Waals surface area contributed by atoms with Crippen LogP contribution in [0.4, 0.5) is 0 Å². The van der Waals surface area contributed by atoms with Gasteiger partial charge in [0, 0.05) is 12.0 Å². The van der Waals surface area contributed by atoms with Crippen LogP contribution in [0.5, 0.6) is 0 Å². The third-order valence-corrected chi connectivity index (χ3v) is 3.07. The Kier molecular flexibility index (Phi) is 1.83. The first-order chi connectivity index (χ1) is 7.75. The zero-order valence-corrected chi connectivity index (χ0v) is 8.60. The summed E-state index contributed by atoms with van der Waals surface area (Å²) in [4.78, 5) is 11.0. The van der Waals surface area contributed by atoms with Gasteiger partial charge in [-0.2, -0.15) is 0 Å². The van der Waals surface area contributed by atoms with E-state index >= 15 is 0 Å². The summed E-state index contributed by atoms with van der Waals surface area (Å²) in [6, 6.07) is 4.12. The first-order valence-corrected chi connectivity index (χ1v) is 5.20. The zero-order valence-electron chi connectivity index (χ0n) is 8.60. The summed E-state index contributed by atoms with van der Waals surface area (Å²) in [5.74, 6) is -0.828. The molecule has 0 spiro atoms. The summed E-state index contributed by atoms with van der Waals surface area (Å²) in [6.45, 7) is 0. The van der Waals surface area contributed by atoms with Gasteiger partial charge in [-0.25, -0.2) is 4.79 Å². The van der Waals surface area contributed by atoms with Crippen LogP contribution >= 0.6 is 0 Å². The van der Waals surface area contributed by atoms with Gasteiger partial charge in [-0.3, -0.25) is 0 Å². The number of benzene rings is 1. The van der Waals surface area contributed by atoms with Crippen molar-refractivity contribution in [1.82, 2.24) is 0 Å². The van der Waals surface area contributed by atoms with E-state index < -0.39 is 5.97 Å². The predicted molar refractivity (Wildman–Crippen MR) is 63.1 cm³/mol. The van der Waals surface area contributed by atoms with Crippen LogP contribution < -0.4 is 10.4 Å². The van der Waals surface area contributed by atoms with Crippen molar-refractivity contribution in [2.45, 2.75) is 6.42 Å². The number of aliphatic carboxylic acids is 1. The van der Waals surface area contributed by atoms with E-state index in [1.54, 1.807) is 6.08 Å². The second-order valence-corrected chi connectivity index (χ2v) is 4.00. The molecular formula is C14H10O2. The quantitative estimate of drug-likeness (QED) is 0.745. The van der Waals surface area contributed by atoms with Crippen molar-refractivity contribution in [3.63, 3.8) is 0 Å². The lowest BCUT2D eigenvalue weighted by Crippen LogP contribution is -2.22. The van der Waals surface area contributed by atoms with Crippen LogP contribution in [0.1, 0.15) is 11.1 Å². The molecule has 0 saturated carbocycles. The number of hydrogen-bond donors (Lipinski definition) is 1. The summed E-state index contributed by atoms with van der Waals surface area (Å²) in [7, 11) is 0. The third-order valence-electron chi connectivity index (χ3n) is 3.07. The molecule has 0 radical (unpaired) electrons. The van der Waals surface area contributed by atoms with Crippen LogP contribution in [0.3, 0.4) is 0 Å². The van der Waals surface area contributed by atoms with Crippen molar-refractivity contribution in [3.8, 4) is 0 Å². The second-order valence-electron chi connectivity index (χ2n) is 4.00. The highest BCUT2D eigenvalue weighted by Crippen LogP contribution is 2.15. The number of carboxylic acid groups (broad SMARTS) is 1. The van der Waals surface area contributed by atoms with Crippen molar-refractivity contribution < 1.29 is 9.90 Å². The molecule has 0 aliphatic heterocycles. The Bertz CT molecular complexity index is 661. The molecule has 0 unspecified atom stereocenters. The SMILES string of the molecule is O=C(O)C1=CC=c2ccc3c(c2C1)C=CC=3. The normalized spacial score (nSPS) is 15.6. The van der Waals surface area contributed by atoms with Gasteiger partial charge in [-0.1, -0.05) is 42.5 Å². The third kappa shape index (κ3) is 1.23. The lowest BCUT2D eigenvalue weighted by atomic mass is 9.93. The summed E-state index contributed by atoms with van der Waals surface area (Å²) in [5, 5.41) is 11.3. The molecule has 0 aromatic heterocycles. The maximum absolute atomic E-state index is 11.0. The minimum absolute atomic E-state index is 0.459. The average molecular weight is 210 g/mol. The van der Waals surface area contributed by atoms with Crippen LogP contribution in [0, 0.1) is 0 Å². The highest BCUT2D eigenvalue weighted by Gasteiger charge is 2.15. The number of rotatable bonds is 1. The minimum Gasteiger partial charge on any atom is -0.478 e. The second kappa shape index (κ2) is 3.20. The van der Waals surface area contributed by atoms with E-state index in [0.717, 1.165) is 10.8 Å². The minimum atomic E-state index is -0.828. The molecular weight excluding hydrogens is 200 g/mol. The predicted octanol–water partition coefficient (Wildman–Crippen LogP) is 0.842. The van der Waals surface area contributed by atoms with Gasteiger partial charge in [0.05, 0.1) is 0 Å². The van der Waals surface area contributed by atoms with E-state index in [2.05, 4.69) is 6.07 Å². The molecule has 2 heteroatoms. The van der Waals surface area contributed by atoms with Gasteiger partial charge in [0.15, 0.2) is 0 Å². The Hall–Kier alpha value is -2.09. The number of hydrogen-bond acceptors (Lipinski definition) is 1. The van der Waals surface area contributed by atoms with Gasteiger partial charge in [-0.05, 0) is 21.6 Å². The maximum Gasteiger partial charge on any atom is 0.331 e. The van der Waals surface area contributed by atoms with Crippen molar-refractivity contribution in [3.05, 3.63) is 51.4 Å². The fraction of sp³-hybridized carbons (Fsp3) is 0.0714. The summed E-state index contributed by atoms with van der Waals surface area (Å²) in [6.07, 6.45) is 10.2. The molecule has 2 nitrogen and oxygen atoms in total. The first-order valence-electron chi connectivity index (χ1n) is 5.20. The molecule has 2 aliphatic rings. The topological polar surface area (TPSA) is 37.3 Å². The molecule has 0 atom stereocenters. The molecule has 0 fully saturated rings. The molecule has 1 N–H and O–H groups in total. The molecule has 1 aromatic carbocycles. The zero-order chi connectivity index (χ0) is 11.1. The van der Waals surface area contributed by atoms with E-state index in [0.29, 0.717) is 12.0 Å². The molecule has 3 rings (SSSR count). The lowest BCUT2D eigenvalue weighted by Gasteiger charge is -2.11. The largest absolute Gasteiger partial charge is 0.478 e. The Balaban J connectivity index is 2.25. The van der Waals surface area contributed by atoms with E-state index in [1.165, 1.54) is 10.8 Å². The van der Waals surface area contributed by atoms with E-state index in [4.69, 9.17) is 5.11 Å². The molecule has 0 saturated heterocycles. The summed E-state index contributed by atoms with van der Waals surface area (Å²) < 4.78 is 0. The van der Waals surface area contributed by atoms with Crippen molar-refractivity contribution in [1.29, 1.82) is 0 Å². The van der Waals surface area contributed by atoms with Crippen LogP contribution in [0.25, 0.3) is 18.2 Å². The van der Waals surface area contributed by atoms with Gasteiger partial charge in [0.2, 0.25) is 0 Å². The summed E-state index contributed by atoms with van der Waals surface area (Å²) in [5.41, 5.74) is 2.75. The van der Waals surface area contributed by atoms with Gasteiger partial charge in [-0.15, -0.1) is 0 Å². The molecule has 16 heavy (non-hydrogen) atoms. The fourth-order valence-corrected chi connectivity index (χ4v) is 2.23. The first kappa shape index (κ1) is 9.16. The smallest absolute Gasteiger partial charge is 0.331 e. The highest BCUT2D eigenvalue weighted by molar-refractivity contribution is 5.90. The van der Waals surface area contributed by atoms with Crippen molar-refractivity contribution >= 4 is 24.2 Å². The number of carbonyl (C=O) groups is 1. The van der Waals surface area contributed by atoms with Gasteiger partial charge >= 0.3 is 5.97 Å². The Morgan fingerprint density at radius 3 is 2.75 bits per heavy atom. The van der Waals surface area contributed by atoms with Gasteiger partial charge in [0.25, 0.3) is 0 Å². The molecule has 0 heterocycles. The Morgan fingerprint density at radius 2 is 1.94 bits per heavy atom. The van der Waals surface area contributed by atoms with Crippen LogP contribution in [-0.2, 0) is 11.2 Å². The van der Waals surface area contributed by atoms with E-state index in [1.807, 2.05) is 30.4 Å². The molecule has 0 bridgehead atoms. The lowest BCUT2D eigenvalue weighted by molar-refractivity contribution is -0.132. The van der Waals surface area contributed by atoms with Crippen LogP contribution in [-0.4, -0.2) is 11.1 Å². The van der Waals surface area contributed by atoms with Crippen molar-refractivity contribution in [2.75, 3.05) is 0 Å².